The van der Waals surface area contributed by atoms with E-state index in [-0.39, 0.29) is 0 Å². The van der Waals surface area contributed by atoms with Crippen molar-refractivity contribution in [2.45, 2.75) is 26.2 Å². The molecule has 0 spiro atoms. The standard InChI is InChI=1S/C16H29N5OS/c1-13(2)15-20-14(12-23-15)4-5-18-16(17-3)19-6-7-21-8-10-22-11-9-21/h12-13H,4-11H2,1-3H3,(H2,17,18,19). The van der Waals surface area contributed by atoms with Gasteiger partial charge in [0.05, 0.1) is 23.9 Å². The van der Waals surface area contributed by atoms with Gasteiger partial charge in [0.25, 0.3) is 0 Å². The van der Waals surface area contributed by atoms with E-state index in [1.54, 1.807) is 11.3 Å². The molecular formula is C16H29N5OS. The molecule has 0 saturated carbocycles. The Balaban J connectivity index is 1.62. The van der Waals surface area contributed by atoms with Crippen molar-refractivity contribution < 1.29 is 4.74 Å². The average molecular weight is 340 g/mol. The van der Waals surface area contributed by atoms with Crippen LogP contribution in [-0.4, -0.2) is 68.8 Å². The van der Waals surface area contributed by atoms with Crippen LogP contribution in [0.5, 0.6) is 0 Å². The van der Waals surface area contributed by atoms with Gasteiger partial charge in [0.15, 0.2) is 5.96 Å². The molecule has 2 N–H and O–H groups in total. The third-order valence-corrected chi connectivity index (χ3v) is 4.98. The largest absolute Gasteiger partial charge is 0.379 e. The van der Waals surface area contributed by atoms with Crippen molar-refractivity contribution in [1.29, 1.82) is 0 Å². The summed E-state index contributed by atoms with van der Waals surface area (Å²) in [4.78, 5) is 11.3. The molecule has 0 bridgehead atoms. The monoisotopic (exact) mass is 339 g/mol. The number of nitrogens with one attached hydrogen (secondary N) is 2. The number of hydrogen-bond donors (Lipinski definition) is 2. The first kappa shape index (κ1) is 18.2. The van der Waals surface area contributed by atoms with Gasteiger partial charge < -0.3 is 15.4 Å². The Bertz CT molecular complexity index is 483. The van der Waals surface area contributed by atoms with Crippen LogP contribution in [0.1, 0.15) is 30.5 Å². The number of thiazole rings is 1. The first-order valence-corrected chi connectivity index (χ1v) is 9.26. The van der Waals surface area contributed by atoms with Gasteiger partial charge in [-0.15, -0.1) is 11.3 Å². The highest BCUT2D eigenvalue weighted by molar-refractivity contribution is 7.09. The molecule has 6 nitrogen and oxygen atoms in total. The molecule has 0 radical (unpaired) electrons. The minimum Gasteiger partial charge on any atom is -0.379 e. The highest BCUT2D eigenvalue weighted by Gasteiger charge is 2.10. The summed E-state index contributed by atoms with van der Waals surface area (Å²) in [7, 11) is 1.81. The minimum absolute atomic E-state index is 0.510. The normalized spacial score (nSPS) is 16.8. The molecule has 0 atom stereocenters. The first-order chi connectivity index (χ1) is 11.2. The topological polar surface area (TPSA) is 61.8 Å². The van der Waals surface area contributed by atoms with Gasteiger partial charge in [0, 0.05) is 57.5 Å². The Labute approximate surface area is 143 Å². The summed E-state index contributed by atoms with van der Waals surface area (Å²) in [6, 6.07) is 0. The van der Waals surface area contributed by atoms with Crippen molar-refractivity contribution in [3.05, 3.63) is 16.1 Å². The summed E-state index contributed by atoms with van der Waals surface area (Å²) in [6.07, 6.45) is 0.924. The van der Waals surface area contributed by atoms with Gasteiger partial charge in [-0.25, -0.2) is 4.98 Å². The Morgan fingerprint density at radius 1 is 1.35 bits per heavy atom. The third-order valence-electron chi connectivity index (χ3n) is 3.78. The molecule has 2 heterocycles. The lowest BCUT2D eigenvalue weighted by Crippen LogP contribution is -2.44. The van der Waals surface area contributed by atoms with E-state index in [1.165, 1.54) is 5.01 Å². The fraction of sp³-hybridized carbons (Fsp3) is 0.750. The number of rotatable bonds is 7. The van der Waals surface area contributed by atoms with E-state index >= 15 is 0 Å². The quantitative estimate of drug-likeness (QED) is 0.579. The van der Waals surface area contributed by atoms with Crippen LogP contribution in [-0.2, 0) is 11.2 Å². The molecule has 1 saturated heterocycles. The molecule has 23 heavy (non-hydrogen) atoms. The van der Waals surface area contributed by atoms with Gasteiger partial charge in [-0.1, -0.05) is 13.8 Å². The van der Waals surface area contributed by atoms with Gasteiger partial charge >= 0.3 is 0 Å². The van der Waals surface area contributed by atoms with Gasteiger partial charge in [0.2, 0.25) is 0 Å². The van der Waals surface area contributed by atoms with E-state index in [9.17, 15) is 0 Å². The smallest absolute Gasteiger partial charge is 0.191 e. The Hall–Kier alpha value is -1.18. The molecule has 2 rings (SSSR count). The maximum absolute atomic E-state index is 5.36. The van der Waals surface area contributed by atoms with Gasteiger partial charge in [-0.2, -0.15) is 0 Å². The second-order valence-corrected chi connectivity index (χ2v) is 6.85. The zero-order valence-electron chi connectivity index (χ0n) is 14.5. The fourth-order valence-corrected chi connectivity index (χ4v) is 3.26. The summed E-state index contributed by atoms with van der Waals surface area (Å²) >= 11 is 1.75. The summed E-state index contributed by atoms with van der Waals surface area (Å²) in [5, 5.41) is 10.1. The van der Waals surface area contributed by atoms with E-state index in [0.29, 0.717) is 5.92 Å². The van der Waals surface area contributed by atoms with E-state index in [2.05, 4.69) is 44.7 Å². The van der Waals surface area contributed by atoms with Gasteiger partial charge in [0.1, 0.15) is 0 Å². The first-order valence-electron chi connectivity index (χ1n) is 8.38. The molecular weight excluding hydrogens is 310 g/mol. The lowest BCUT2D eigenvalue weighted by atomic mass is 10.2. The fourth-order valence-electron chi connectivity index (χ4n) is 2.39. The van der Waals surface area contributed by atoms with Crippen molar-refractivity contribution in [2.24, 2.45) is 4.99 Å². The second-order valence-electron chi connectivity index (χ2n) is 5.96. The van der Waals surface area contributed by atoms with Gasteiger partial charge in [-0.3, -0.25) is 9.89 Å². The van der Waals surface area contributed by atoms with E-state index in [1.807, 2.05) is 7.05 Å². The lowest BCUT2D eigenvalue weighted by molar-refractivity contribution is 0.0389. The number of guanidine groups is 1. The number of aromatic nitrogens is 1. The number of aliphatic imine (C=N–C) groups is 1. The molecule has 1 aliphatic rings. The number of hydrogen-bond acceptors (Lipinski definition) is 5. The van der Waals surface area contributed by atoms with Crippen LogP contribution in [0.25, 0.3) is 0 Å². The molecule has 1 aromatic heterocycles. The molecule has 130 valence electrons. The predicted molar refractivity (Wildman–Crippen MR) is 96.5 cm³/mol. The summed E-state index contributed by atoms with van der Waals surface area (Å²) in [6.45, 7) is 10.9. The number of morpholine rings is 1. The Morgan fingerprint density at radius 3 is 2.74 bits per heavy atom. The molecule has 1 aromatic rings. The Morgan fingerprint density at radius 2 is 2.09 bits per heavy atom. The van der Waals surface area contributed by atoms with Crippen molar-refractivity contribution in [2.75, 3.05) is 53.0 Å². The zero-order valence-corrected chi connectivity index (χ0v) is 15.3. The highest BCUT2D eigenvalue weighted by atomic mass is 32.1. The SMILES string of the molecule is CN=C(NCCc1csc(C(C)C)n1)NCCN1CCOCC1. The maximum Gasteiger partial charge on any atom is 0.191 e. The van der Waals surface area contributed by atoms with Crippen molar-refractivity contribution in [1.82, 2.24) is 20.5 Å². The number of nitrogens with zero attached hydrogens (tertiary/aromatic N) is 3. The molecule has 0 aromatic carbocycles. The number of ether oxygens (including phenoxy) is 1. The molecule has 0 aliphatic carbocycles. The highest BCUT2D eigenvalue weighted by Crippen LogP contribution is 2.19. The Kier molecular flexibility index (Phi) is 7.78. The zero-order chi connectivity index (χ0) is 16.5. The molecule has 7 heteroatoms. The molecule has 1 aliphatic heterocycles. The van der Waals surface area contributed by atoms with Crippen LogP contribution in [0.3, 0.4) is 0 Å². The molecule has 1 fully saturated rings. The second kappa shape index (κ2) is 9.85. The van der Waals surface area contributed by atoms with E-state index in [0.717, 1.165) is 64.0 Å². The van der Waals surface area contributed by atoms with Gasteiger partial charge in [-0.05, 0) is 0 Å². The van der Waals surface area contributed by atoms with Crippen LogP contribution in [0.2, 0.25) is 0 Å². The van der Waals surface area contributed by atoms with Crippen molar-refractivity contribution in [3.8, 4) is 0 Å². The maximum atomic E-state index is 5.36. The molecule has 0 unspecified atom stereocenters. The van der Waals surface area contributed by atoms with Crippen molar-refractivity contribution in [3.63, 3.8) is 0 Å². The summed E-state index contributed by atoms with van der Waals surface area (Å²) in [5.74, 6) is 1.37. The average Bonchev–Trinajstić information content (AvgIpc) is 3.03. The predicted octanol–water partition coefficient (Wildman–Crippen LogP) is 1.31. The summed E-state index contributed by atoms with van der Waals surface area (Å²) in [5.41, 5.74) is 1.16. The van der Waals surface area contributed by atoms with Crippen LogP contribution in [0.4, 0.5) is 0 Å². The minimum atomic E-state index is 0.510. The lowest BCUT2D eigenvalue weighted by Gasteiger charge is -2.26. The van der Waals surface area contributed by atoms with Crippen LogP contribution in [0.15, 0.2) is 10.4 Å². The summed E-state index contributed by atoms with van der Waals surface area (Å²) < 4.78 is 5.36. The third kappa shape index (κ3) is 6.45. The van der Waals surface area contributed by atoms with Crippen LogP contribution >= 0.6 is 11.3 Å². The van der Waals surface area contributed by atoms with Crippen LogP contribution < -0.4 is 10.6 Å². The van der Waals surface area contributed by atoms with E-state index < -0.39 is 0 Å². The van der Waals surface area contributed by atoms with Crippen molar-refractivity contribution >= 4 is 17.3 Å². The molecule has 0 amide bonds. The van der Waals surface area contributed by atoms with E-state index in [4.69, 9.17) is 4.74 Å². The van der Waals surface area contributed by atoms with Crippen LogP contribution in [0, 0.1) is 0 Å².